The average molecular weight is 181 g/mol. The zero-order valence-electron chi connectivity index (χ0n) is 7.06. The molecular weight excluding hydrogens is 170 g/mol. The summed E-state index contributed by atoms with van der Waals surface area (Å²) in [5, 5.41) is 8.85. The highest BCUT2D eigenvalue weighted by molar-refractivity contribution is 5.52. The van der Waals surface area contributed by atoms with Gasteiger partial charge >= 0.3 is 0 Å². The fourth-order valence-corrected chi connectivity index (χ4v) is 1.22. The number of aliphatic hydroxyl groups is 1. The number of benzene rings is 1. The molecular formula is C9H11NO3. The zero-order chi connectivity index (χ0) is 9.26. The van der Waals surface area contributed by atoms with Crippen LogP contribution in [0.3, 0.4) is 0 Å². The zero-order valence-corrected chi connectivity index (χ0v) is 7.06. The van der Waals surface area contributed by atoms with E-state index in [-0.39, 0.29) is 12.7 Å². The molecule has 4 nitrogen and oxygen atoms in total. The van der Waals surface area contributed by atoms with Crippen LogP contribution >= 0.6 is 0 Å². The SMILES string of the molecule is Nc1ccc2c(c1)O[C@@H](CO)CO2. The van der Waals surface area contributed by atoms with Crippen molar-refractivity contribution in [1.29, 1.82) is 0 Å². The molecule has 0 saturated heterocycles. The first-order valence-corrected chi connectivity index (χ1v) is 4.09. The van der Waals surface area contributed by atoms with Gasteiger partial charge in [-0.1, -0.05) is 0 Å². The van der Waals surface area contributed by atoms with Crippen LogP contribution in [-0.4, -0.2) is 24.4 Å². The highest BCUT2D eigenvalue weighted by Crippen LogP contribution is 2.33. The molecule has 1 aliphatic rings. The molecule has 1 atom stereocenters. The molecule has 0 spiro atoms. The molecule has 13 heavy (non-hydrogen) atoms. The Hall–Kier alpha value is -1.42. The lowest BCUT2D eigenvalue weighted by molar-refractivity contribution is 0.0457. The first-order valence-electron chi connectivity index (χ1n) is 4.09. The average Bonchev–Trinajstić information content (AvgIpc) is 2.16. The van der Waals surface area contributed by atoms with Crippen LogP contribution in [0.2, 0.25) is 0 Å². The molecule has 1 aromatic rings. The van der Waals surface area contributed by atoms with E-state index < -0.39 is 0 Å². The molecule has 4 heteroatoms. The van der Waals surface area contributed by atoms with Gasteiger partial charge in [0, 0.05) is 11.8 Å². The second-order valence-corrected chi connectivity index (χ2v) is 2.94. The Bertz CT molecular complexity index is 314. The molecule has 0 saturated carbocycles. The van der Waals surface area contributed by atoms with E-state index in [1.807, 2.05) is 0 Å². The van der Waals surface area contributed by atoms with Gasteiger partial charge in [-0.2, -0.15) is 0 Å². The van der Waals surface area contributed by atoms with Crippen molar-refractivity contribution < 1.29 is 14.6 Å². The number of hydrogen-bond donors (Lipinski definition) is 2. The van der Waals surface area contributed by atoms with Gasteiger partial charge in [0.2, 0.25) is 0 Å². The Kier molecular flexibility index (Phi) is 1.98. The largest absolute Gasteiger partial charge is 0.486 e. The fraction of sp³-hybridized carbons (Fsp3) is 0.333. The predicted molar refractivity (Wildman–Crippen MR) is 47.9 cm³/mol. The Morgan fingerprint density at radius 2 is 2.31 bits per heavy atom. The molecule has 1 heterocycles. The van der Waals surface area contributed by atoms with E-state index in [0.29, 0.717) is 23.8 Å². The van der Waals surface area contributed by atoms with Crippen molar-refractivity contribution in [2.45, 2.75) is 6.10 Å². The van der Waals surface area contributed by atoms with Crippen molar-refractivity contribution in [1.82, 2.24) is 0 Å². The third kappa shape index (κ3) is 1.53. The molecule has 0 bridgehead atoms. The fourth-order valence-electron chi connectivity index (χ4n) is 1.22. The van der Waals surface area contributed by atoms with E-state index in [1.165, 1.54) is 0 Å². The summed E-state index contributed by atoms with van der Waals surface area (Å²) < 4.78 is 10.7. The summed E-state index contributed by atoms with van der Waals surface area (Å²) in [4.78, 5) is 0. The minimum atomic E-state index is -0.283. The smallest absolute Gasteiger partial charge is 0.163 e. The maximum absolute atomic E-state index is 8.85. The summed E-state index contributed by atoms with van der Waals surface area (Å²) >= 11 is 0. The molecule has 0 aliphatic carbocycles. The monoisotopic (exact) mass is 181 g/mol. The molecule has 1 aromatic carbocycles. The first-order chi connectivity index (χ1) is 6.29. The molecule has 0 unspecified atom stereocenters. The number of aliphatic hydroxyl groups excluding tert-OH is 1. The number of nitrogen functional groups attached to an aromatic ring is 1. The van der Waals surface area contributed by atoms with Crippen LogP contribution in [0.5, 0.6) is 11.5 Å². The Labute approximate surface area is 75.9 Å². The van der Waals surface area contributed by atoms with Gasteiger partial charge in [0.05, 0.1) is 6.61 Å². The maximum atomic E-state index is 8.85. The van der Waals surface area contributed by atoms with Crippen LogP contribution in [0.4, 0.5) is 5.69 Å². The maximum Gasteiger partial charge on any atom is 0.163 e. The Morgan fingerprint density at radius 1 is 1.46 bits per heavy atom. The van der Waals surface area contributed by atoms with E-state index in [4.69, 9.17) is 20.3 Å². The summed E-state index contributed by atoms with van der Waals surface area (Å²) in [6.45, 7) is 0.335. The molecule has 2 rings (SSSR count). The number of anilines is 1. The van der Waals surface area contributed by atoms with Crippen LogP contribution in [0.25, 0.3) is 0 Å². The lowest BCUT2D eigenvalue weighted by Crippen LogP contribution is -2.32. The minimum Gasteiger partial charge on any atom is -0.486 e. The lowest BCUT2D eigenvalue weighted by Gasteiger charge is -2.25. The molecule has 0 amide bonds. The molecule has 1 aliphatic heterocycles. The van der Waals surface area contributed by atoms with Crippen LogP contribution in [0, 0.1) is 0 Å². The molecule has 0 fully saturated rings. The van der Waals surface area contributed by atoms with Crippen molar-refractivity contribution in [2.75, 3.05) is 18.9 Å². The van der Waals surface area contributed by atoms with E-state index in [9.17, 15) is 0 Å². The lowest BCUT2D eigenvalue weighted by atomic mass is 10.2. The van der Waals surface area contributed by atoms with Crippen LogP contribution < -0.4 is 15.2 Å². The second kappa shape index (κ2) is 3.14. The number of rotatable bonds is 1. The molecule has 0 aromatic heterocycles. The predicted octanol–water partition coefficient (Wildman–Crippen LogP) is 0.401. The number of nitrogens with two attached hydrogens (primary N) is 1. The summed E-state index contributed by atoms with van der Waals surface area (Å²) in [5.41, 5.74) is 6.20. The highest BCUT2D eigenvalue weighted by Gasteiger charge is 2.19. The van der Waals surface area contributed by atoms with Gasteiger partial charge in [-0.25, -0.2) is 0 Å². The summed E-state index contributed by atoms with van der Waals surface area (Å²) in [5.74, 6) is 1.28. The van der Waals surface area contributed by atoms with E-state index in [2.05, 4.69) is 0 Å². The van der Waals surface area contributed by atoms with Crippen LogP contribution in [0.1, 0.15) is 0 Å². The van der Waals surface area contributed by atoms with Crippen LogP contribution in [0.15, 0.2) is 18.2 Å². The van der Waals surface area contributed by atoms with Crippen molar-refractivity contribution in [3.05, 3.63) is 18.2 Å². The van der Waals surface area contributed by atoms with Gasteiger partial charge in [-0.05, 0) is 12.1 Å². The van der Waals surface area contributed by atoms with Crippen molar-refractivity contribution in [3.63, 3.8) is 0 Å². The van der Waals surface area contributed by atoms with E-state index >= 15 is 0 Å². The van der Waals surface area contributed by atoms with Gasteiger partial charge < -0.3 is 20.3 Å². The number of hydrogen-bond acceptors (Lipinski definition) is 4. The normalized spacial score (nSPS) is 19.9. The topological polar surface area (TPSA) is 64.7 Å². The molecule has 0 radical (unpaired) electrons. The van der Waals surface area contributed by atoms with Crippen molar-refractivity contribution in [2.24, 2.45) is 0 Å². The van der Waals surface area contributed by atoms with Gasteiger partial charge in [-0.15, -0.1) is 0 Å². The van der Waals surface area contributed by atoms with Crippen molar-refractivity contribution >= 4 is 5.69 Å². The molecule has 70 valence electrons. The summed E-state index contributed by atoms with van der Waals surface area (Å²) in [7, 11) is 0. The highest BCUT2D eigenvalue weighted by atomic mass is 16.6. The standard InChI is InChI=1S/C9H11NO3/c10-6-1-2-8-9(3-6)13-7(4-11)5-12-8/h1-3,7,11H,4-5,10H2/t7-/m0/s1. The minimum absolute atomic E-state index is 0.0474. The van der Waals surface area contributed by atoms with Gasteiger partial charge in [0.25, 0.3) is 0 Å². The second-order valence-electron chi connectivity index (χ2n) is 2.94. The quantitative estimate of drug-likeness (QED) is 0.615. The number of ether oxygens (including phenoxy) is 2. The van der Waals surface area contributed by atoms with Gasteiger partial charge in [-0.3, -0.25) is 0 Å². The summed E-state index contributed by atoms with van der Waals surface area (Å²) in [6, 6.07) is 5.21. The number of fused-ring (bicyclic) bond motifs is 1. The Balaban J connectivity index is 2.27. The van der Waals surface area contributed by atoms with Gasteiger partial charge in [0.15, 0.2) is 17.6 Å². The van der Waals surface area contributed by atoms with Crippen LogP contribution in [-0.2, 0) is 0 Å². The first kappa shape index (κ1) is 8.19. The van der Waals surface area contributed by atoms with Gasteiger partial charge in [0.1, 0.15) is 6.61 Å². The third-order valence-corrected chi connectivity index (χ3v) is 1.89. The van der Waals surface area contributed by atoms with Crippen molar-refractivity contribution in [3.8, 4) is 11.5 Å². The Morgan fingerprint density at radius 3 is 3.08 bits per heavy atom. The van der Waals surface area contributed by atoms with E-state index in [0.717, 1.165) is 0 Å². The summed E-state index contributed by atoms with van der Waals surface area (Å²) in [6.07, 6.45) is -0.283. The third-order valence-electron chi connectivity index (χ3n) is 1.89. The molecule has 3 N–H and O–H groups in total. The van der Waals surface area contributed by atoms with E-state index in [1.54, 1.807) is 18.2 Å².